The molecule has 0 saturated heterocycles. The zero-order chi connectivity index (χ0) is 17.7. The number of carbonyl (C=O) groups is 2. The van der Waals surface area contributed by atoms with Crippen molar-refractivity contribution in [3.63, 3.8) is 0 Å². The van der Waals surface area contributed by atoms with Crippen molar-refractivity contribution in [2.45, 2.75) is 11.8 Å². The van der Waals surface area contributed by atoms with Gasteiger partial charge in [0.1, 0.15) is 0 Å². The number of carbonyl (C=O) groups excluding carboxylic acids is 2. The Bertz CT molecular complexity index is 743. The minimum absolute atomic E-state index is 0.133. The third-order valence-electron chi connectivity index (χ3n) is 2.82. The first-order chi connectivity index (χ1) is 11.3. The number of thioether (sulfide) groups is 1. The summed E-state index contributed by atoms with van der Waals surface area (Å²) in [6.07, 6.45) is 0. The molecule has 0 unspecified atom stereocenters. The summed E-state index contributed by atoms with van der Waals surface area (Å²) in [7, 11) is 0. The van der Waals surface area contributed by atoms with E-state index < -0.39 is 0 Å². The Morgan fingerprint density at radius 3 is 2.12 bits per heavy atom. The molecule has 24 heavy (non-hydrogen) atoms. The summed E-state index contributed by atoms with van der Waals surface area (Å²) in [6, 6.07) is 10.2. The van der Waals surface area contributed by atoms with Crippen LogP contribution in [-0.4, -0.2) is 17.6 Å². The van der Waals surface area contributed by atoms with Gasteiger partial charge in [0.2, 0.25) is 11.8 Å². The maximum atomic E-state index is 12.0. The van der Waals surface area contributed by atoms with Crippen LogP contribution in [0.3, 0.4) is 0 Å². The van der Waals surface area contributed by atoms with Crippen LogP contribution in [0, 0.1) is 0 Å². The molecule has 0 spiro atoms. The highest BCUT2D eigenvalue weighted by Gasteiger charge is 2.11. The van der Waals surface area contributed by atoms with Crippen LogP contribution < -0.4 is 10.6 Å². The topological polar surface area (TPSA) is 58.2 Å². The van der Waals surface area contributed by atoms with Gasteiger partial charge in [0.15, 0.2) is 0 Å². The molecule has 2 rings (SSSR count). The number of hydrogen-bond donors (Lipinski definition) is 2. The minimum atomic E-state index is -0.239. The monoisotopic (exact) mass is 402 g/mol. The molecule has 4 nitrogen and oxygen atoms in total. The van der Waals surface area contributed by atoms with Crippen molar-refractivity contribution in [1.29, 1.82) is 0 Å². The molecular weight excluding hydrogens is 391 g/mol. The summed E-state index contributed by atoms with van der Waals surface area (Å²) < 4.78 is 0. The van der Waals surface area contributed by atoms with Crippen LogP contribution in [0.1, 0.15) is 6.92 Å². The van der Waals surface area contributed by atoms with E-state index >= 15 is 0 Å². The molecule has 0 saturated carbocycles. The van der Waals surface area contributed by atoms with Crippen LogP contribution in [0.4, 0.5) is 11.4 Å². The van der Waals surface area contributed by atoms with Gasteiger partial charge >= 0.3 is 0 Å². The first kappa shape index (κ1) is 18.9. The van der Waals surface area contributed by atoms with Crippen molar-refractivity contribution in [3.05, 3.63) is 51.5 Å². The van der Waals surface area contributed by atoms with E-state index in [0.717, 1.165) is 4.90 Å². The third-order valence-corrected chi connectivity index (χ3v) is 4.64. The van der Waals surface area contributed by atoms with Crippen molar-refractivity contribution in [2.75, 3.05) is 16.4 Å². The van der Waals surface area contributed by atoms with Gasteiger partial charge in [0.25, 0.3) is 0 Å². The van der Waals surface area contributed by atoms with E-state index in [2.05, 4.69) is 10.6 Å². The molecule has 126 valence electrons. The van der Waals surface area contributed by atoms with Gasteiger partial charge in [-0.05, 0) is 36.4 Å². The molecule has 0 bridgehead atoms. The fraction of sp³-hybridized carbons (Fsp3) is 0.125. The van der Waals surface area contributed by atoms with Crippen LogP contribution >= 0.6 is 46.6 Å². The second-order valence-corrected chi connectivity index (χ2v) is 7.09. The lowest BCUT2D eigenvalue weighted by atomic mass is 10.3. The smallest absolute Gasteiger partial charge is 0.234 e. The predicted octanol–water partition coefficient (Wildman–Crippen LogP) is 5.34. The van der Waals surface area contributed by atoms with E-state index in [9.17, 15) is 9.59 Å². The van der Waals surface area contributed by atoms with E-state index in [-0.39, 0.29) is 27.6 Å². The molecule has 2 N–H and O–H groups in total. The van der Waals surface area contributed by atoms with Gasteiger partial charge in [0, 0.05) is 22.5 Å². The summed E-state index contributed by atoms with van der Waals surface area (Å²) >= 11 is 19.2. The normalized spacial score (nSPS) is 10.3. The fourth-order valence-electron chi connectivity index (χ4n) is 1.82. The molecular formula is C16H13Cl3N2O2S. The molecule has 8 heteroatoms. The quantitative estimate of drug-likeness (QED) is 0.663. The SMILES string of the molecule is CC(=O)Nc1ccc(SCC(=O)Nc2c(Cl)cc(Cl)cc2Cl)cc1. The zero-order valence-corrected chi connectivity index (χ0v) is 15.6. The number of benzene rings is 2. The molecule has 0 aliphatic rings. The molecule has 0 fully saturated rings. The van der Waals surface area contributed by atoms with Gasteiger partial charge < -0.3 is 10.6 Å². The first-order valence-electron chi connectivity index (χ1n) is 6.80. The zero-order valence-electron chi connectivity index (χ0n) is 12.5. The molecule has 0 aliphatic carbocycles. The van der Waals surface area contributed by atoms with E-state index in [1.165, 1.54) is 30.8 Å². The van der Waals surface area contributed by atoms with Gasteiger partial charge in [-0.1, -0.05) is 34.8 Å². The standard InChI is InChI=1S/C16H13Cl3N2O2S/c1-9(22)20-11-2-4-12(5-3-11)24-8-15(23)21-16-13(18)6-10(17)7-14(16)19/h2-7H,8H2,1H3,(H,20,22)(H,21,23). The van der Waals surface area contributed by atoms with E-state index in [1.807, 2.05) is 12.1 Å². The predicted molar refractivity (Wildman–Crippen MR) is 102 cm³/mol. The van der Waals surface area contributed by atoms with Crippen LogP contribution in [0.15, 0.2) is 41.3 Å². The number of amides is 2. The van der Waals surface area contributed by atoms with Crippen molar-refractivity contribution in [3.8, 4) is 0 Å². The lowest BCUT2D eigenvalue weighted by Crippen LogP contribution is -2.14. The molecule has 2 aromatic carbocycles. The highest BCUT2D eigenvalue weighted by Crippen LogP contribution is 2.33. The summed E-state index contributed by atoms with van der Waals surface area (Å²) in [5.41, 5.74) is 1.05. The van der Waals surface area contributed by atoms with Gasteiger partial charge in [-0.25, -0.2) is 0 Å². The first-order valence-corrected chi connectivity index (χ1v) is 8.92. The number of anilines is 2. The highest BCUT2D eigenvalue weighted by atomic mass is 35.5. The molecule has 2 amide bonds. The van der Waals surface area contributed by atoms with Crippen molar-refractivity contribution >= 4 is 69.8 Å². The van der Waals surface area contributed by atoms with Gasteiger partial charge in [-0.15, -0.1) is 11.8 Å². The van der Waals surface area contributed by atoms with E-state index in [4.69, 9.17) is 34.8 Å². The maximum absolute atomic E-state index is 12.0. The van der Waals surface area contributed by atoms with Crippen LogP contribution in [-0.2, 0) is 9.59 Å². The van der Waals surface area contributed by atoms with Gasteiger partial charge in [-0.3, -0.25) is 9.59 Å². The summed E-state index contributed by atoms with van der Waals surface area (Å²) in [5.74, 6) is -0.182. The molecule has 0 atom stereocenters. The summed E-state index contributed by atoms with van der Waals surface area (Å²) in [4.78, 5) is 23.9. The number of hydrogen-bond acceptors (Lipinski definition) is 3. The average Bonchev–Trinajstić information content (AvgIpc) is 2.49. The largest absolute Gasteiger partial charge is 0.326 e. The summed E-state index contributed by atoms with van der Waals surface area (Å²) in [6.45, 7) is 1.44. The van der Waals surface area contributed by atoms with Crippen LogP contribution in [0.5, 0.6) is 0 Å². The Balaban J connectivity index is 1.93. The number of halogens is 3. The summed E-state index contributed by atoms with van der Waals surface area (Å²) in [5, 5.41) is 6.32. The average molecular weight is 404 g/mol. The third kappa shape index (κ3) is 5.60. The Morgan fingerprint density at radius 2 is 1.58 bits per heavy atom. The number of nitrogens with one attached hydrogen (secondary N) is 2. The molecule has 0 aromatic heterocycles. The Morgan fingerprint density at radius 1 is 1.00 bits per heavy atom. The van der Waals surface area contributed by atoms with Crippen molar-refractivity contribution in [1.82, 2.24) is 0 Å². The van der Waals surface area contributed by atoms with E-state index in [0.29, 0.717) is 16.4 Å². The lowest BCUT2D eigenvalue weighted by Gasteiger charge is -2.10. The molecule has 0 radical (unpaired) electrons. The van der Waals surface area contributed by atoms with E-state index in [1.54, 1.807) is 12.1 Å². The fourth-order valence-corrected chi connectivity index (χ4v) is 3.43. The van der Waals surface area contributed by atoms with Gasteiger partial charge in [0.05, 0.1) is 21.5 Å². The molecule has 0 aliphatic heterocycles. The van der Waals surface area contributed by atoms with Gasteiger partial charge in [-0.2, -0.15) is 0 Å². The second-order valence-electron chi connectivity index (χ2n) is 4.79. The van der Waals surface area contributed by atoms with Crippen molar-refractivity contribution < 1.29 is 9.59 Å². The number of rotatable bonds is 5. The highest BCUT2D eigenvalue weighted by molar-refractivity contribution is 8.00. The van der Waals surface area contributed by atoms with Crippen LogP contribution in [0.25, 0.3) is 0 Å². The molecule has 2 aromatic rings. The maximum Gasteiger partial charge on any atom is 0.234 e. The lowest BCUT2D eigenvalue weighted by molar-refractivity contribution is -0.114. The Kier molecular flexibility index (Phi) is 6.80. The Labute approximate surface area is 158 Å². The minimum Gasteiger partial charge on any atom is -0.326 e. The Hall–Kier alpha value is -1.40. The van der Waals surface area contributed by atoms with Crippen molar-refractivity contribution in [2.24, 2.45) is 0 Å². The second kappa shape index (κ2) is 8.62. The molecule has 0 heterocycles. The van der Waals surface area contributed by atoms with Crippen LogP contribution in [0.2, 0.25) is 15.1 Å².